The second-order valence-electron chi connectivity index (χ2n) is 4.68. The number of ether oxygens (including phenoxy) is 2. The summed E-state index contributed by atoms with van der Waals surface area (Å²) >= 11 is 1.80. The van der Waals surface area contributed by atoms with Gasteiger partial charge in [-0.15, -0.1) is 11.3 Å². The van der Waals surface area contributed by atoms with Gasteiger partial charge in [0.15, 0.2) is 0 Å². The van der Waals surface area contributed by atoms with Gasteiger partial charge in [-0.3, -0.25) is 0 Å². The maximum absolute atomic E-state index is 5.74. The summed E-state index contributed by atoms with van der Waals surface area (Å²) in [5.41, 5.74) is 1.27. The summed E-state index contributed by atoms with van der Waals surface area (Å²) < 4.78 is 10.9. The Morgan fingerprint density at radius 3 is 2.80 bits per heavy atom. The van der Waals surface area contributed by atoms with E-state index in [2.05, 4.69) is 10.3 Å². The number of rotatable bonds is 5. The van der Waals surface area contributed by atoms with Crippen LogP contribution < -0.4 is 14.8 Å². The average Bonchev–Trinajstić information content (AvgIpc) is 2.90. The molecule has 1 aliphatic heterocycles. The van der Waals surface area contributed by atoms with Gasteiger partial charge < -0.3 is 14.8 Å². The highest BCUT2D eigenvalue weighted by Gasteiger charge is 2.14. The first-order valence-electron chi connectivity index (χ1n) is 6.80. The summed E-state index contributed by atoms with van der Waals surface area (Å²) in [6, 6.07) is 7.66. The van der Waals surface area contributed by atoms with Crippen LogP contribution in [0.4, 0.5) is 0 Å². The van der Waals surface area contributed by atoms with Crippen molar-refractivity contribution in [2.24, 2.45) is 0 Å². The van der Waals surface area contributed by atoms with E-state index < -0.39 is 0 Å². The highest BCUT2D eigenvalue weighted by atomic mass is 32.1. The van der Waals surface area contributed by atoms with Crippen molar-refractivity contribution in [3.63, 3.8) is 0 Å². The summed E-state index contributed by atoms with van der Waals surface area (Å²) in [6.45, 7) is 2.66. The SMILES string of the molecule is COc1ccc(OCCc2nc3c(s2)CNCC3)cc1. The first-order chi connectivity index (χ1) is 9.85. The van der Waals surface area contributed by atoms with Crippen LogP contribution in [-0.2, 0) is 19.4 Å². The zero-order chi connectivity index (χ0) is 13.8. The predicted molar refractivity (Wildman–Crippen MR) is 79.7 cm³/mol. The fraction of sp³-hybridized carbons (Fsp3) is 0.400. The molecule has 20 heavy (non-hydrogen) atoms. The van der Waals surface area contributed by atoms with Gasteiger partial charge in [-0.05, 0) is 24.3 Å². The molecule has 0 saturated carbocycles. The van der Waals surface area contributed by atoms with E-state index in [4.69, 9.17) is 9.47 Å². The van der Waals surface area contributed by atoms with Crippen molar-refractivity contribution in [1.82, 2.24) is 10.3 Å². The Morgan fingerprint density at radius 1 is 1.25 bits per heavy atom. The third kappa shape index (κ3) is 3.11. The van der Waals surface area contributed by atoms with E-state index in [-0.39, 0.29) is 0 Å². The zero-order valence-corrected chi connectivity index (χ0v) is 12.3. The van der Waals surface area contributed by atoms with Crippen LogP contribution in [-0.4, -0.2) is 25.2 Å². The van der Waals surface area contributed by atoms with Crippen molar-refractivity contribution in [2.75, 3.05) is 20.3 Å². The van der Waals surface area contributed by atoms with Crippen molar-refractivity contribution in [2.45, 2.75) is 19.4 Å². The summed E-state index contributed by atoms with van der Waals surface area (Å²) in [4.78, 5) is 6.07. The lowest BCUT2D eigenvalue weighted by Gasteiger charge is -2.09. The molecule has 3 rings (SSSR count). The fourth-order valence-corrected chi connectivity index (χ4v) is 3.28. The van der Waals surface area contributed by atoms with Gasteiger partial charge >= 0.3 is 0 Å². The summed E-state index contributed by atoms with van der Waals surface area (Å²) in [7, 11) is 1.66. The van der Waals surface area contributed by atoms with E-state index in [1.165, 1.54) is 15.6 Å². The maximum atomic E-state index is 5.74. The van der Waals surface area contributed by atoms with Crippen LogP contribution in [0.3, 0.4) is 0 Å². The van der Waals surface area contributed by atoms with Gasteiger partial charge in [-0.2, -0.15) is 0 Å². The predicted octanol–water partition coefficient (Wildman–Crippen LogP) is 2.42. The number of hydrogen-bond acceptors (Lipinski definition) is 5. The highest BCUT2D eigenvalue weighted by Crippen LogP contribution is 2.22. The molecule has 2 heterocycles. The Morgan fingerprint density at radius 2 is 2.05 bits per heavy atom. The van der Waals surface area contributed by atoms with Crippen LogP contribution >= 0.6 is 11.3 Å². The minimum atomic E-state index is 0.659. The fourth-order valence-electron chi connectivity index (χ4n) is 2.21. The molecule has 0 saturated heterocycles. The van der Waals surface area contributed by atoms with Crippen LogP contribution in [0.15, 0.2) is 24.3 Å². The standard InChI is InChI=1S/C15H18N2O2S/c1-18-11-2-4-12(5-3-11)19-9-7-15-17-13-6-8-16-10-14(13)20-15/h2-5,16H,6-10H2,1H3. The number of benzene rings is 1. The molecule has 1 aliphatic rings. The van der Waals surface area contributed by atoms with Crippen molar-refractivity contribution in [3.05, 3.63) is 39.8 Å². The van der Waals surface area contributed by atoms with Crippen molar-refractivity contribution < 1.29 is 9.47 Å². The van der Waals surface area contributed by atoms with Gasteiger partial charge in [0, 0.05) is 30.8 Å². The minimum absolute atomic E-state index is 0.659. The van der Waals surface area contributed by atoms with E-state index in [0.717, 1.165) is 37.4 Å². The van der Waals surface area contributed by atoms with Crippen LogP contribution in [0.25, 0.3) is 0 Å². The van der Waals surface area contributed by atoms with Gasteiger partial charge in [0.05, 0.1) is 24.4 Å². The second-order valence-corrected chi connectivity index (χ2v) is 5.85. The lowest BCUT2D eigenvalue weighted by Crippen LogP contribution is -2.22. The molecule has 1 aromatic carbocycles. The average molecular weight is 290 g/mol. The lowest BCUT2D eigenvalue weighted by molar-refractivity contribution is 0.320. The Hall–Kier alpha value is -1.59. The van der Waals surface area contributed by atoms with Crippen molar-refractivity contribution >= 4 is 11.3 Å². The Bertz CT molecular complexity index is 542. The van der Waals surface area contributed by atoms with Gasteiger partial charge in [0.25, 0.3) is 0 Å². The zero-order valence-electron chi connectivity index (χ0n) is 11.5. The number of hydrogen-bond donors (Lipinski definition) is 1. The van der Waals surface area contributed by atoms with Crippen LogP contribution in [0, 0.1) is 0 Å². The molecule has 5 heteroatoms. The molecule has 2 aromatic rings. The van der Waals surface area contributed by atoms with Crippen molar-refractivity contribution in [1.29, 1.82) is 0 Å². The number of methoxy groups -OCH3 is 1. The summed E-state index contributed by atoms with van der Waals surface area (Å²) in [5, 5.41) is 4.55. The number of thiazole rings is 1. The number of nitrogens with zero attached hydrogens (tertiary/aromatic N) is 1. The van der Waals surface area contributed by atoms with E-state index in [1.807, 2.05) is 24.3 Å². The van der Waals surface area contributed by atoms with Gasteiger partial charge in [-0.25, -0.2) is 4.98 Å². The Balaban J connectivity index is 1.52. The monoisotopic (exact) mass is 290 g/mol. The van der Waals surface area contributed by atoms with Crippen LogP contribution in [0.5, 0.6) is 11.5 Å². The number of nitrogens with one attached hydrogen (secondary N) is 1. The quantitative estimate of drug-likeness (QED) is 0.918. The maximum Gasteiger partial charge on any atom is 0.119 e. The molecule has 106 valence electrons. The number of aromatic nitrogens is 1. The van der Waals surface area contributed by atoms with Gasteiger partial charge in [0.1, 0.15) is 11.5 Å². The second kappa shape index (κ2) is 6.24. The molecule has 0 spiro atoms. The molecule has 0 amide bonds. The molecule has 0 aliphatic carbocycles. The van der Waals surface area contributed by atoms with E-state index in [9.17, 15) is 0 Å². The summed E-state index contributed by atoms with van der Waals surface area (Å²) in [6.07, 6.45) is 1.91. The highest BCUT2D eigenvalue weighted by molar-refractivity contribution is 7.11. The Kier molecular flexibility index (Phi) is 4.18. The normalized spacial score (nSPS) is 13.8. The molecular formula is C15H18N2O2S. The third-order valence-electron chi connectivity index (χ3n) is 3.29. The lowest BCUT2D eigenvalue weighted by atomic mass is 10.2. The smallest absolute Gasteiger partial charge is 0.119 e. The summed E-state index contributed by atoms with van der Waals surface area (Å²) in [5.74, 6) is 1.71. The molecule has 1 N–H and O–H groups in total. The topological polar surface area (TPSA) is 43.4 Å². The Labute approximate surface area is 122 Å². The minimum Gasteiger partial charge on any atom is -0.497 e. The third-order valence-corrected chi connectivity index (χ3v) is 4.45. The van der Waals surface area contributed by atoms with E-state index >= 15 is 0 Å². The van der Waals surface area contributed by atoms with Gasteiger partial charge in [-0.1, -0.05) is 0 Å². The molecule has 0 atom stereocenters. The van der Waals surface area contributed by atoms with E-state index in [0.29, 0.717) is 6.61 Å². The van der Waals surface area contributed by atoms with Gasteiger partial charge in [0.2, 0.25) is 0 Å². The molecule has 0 fully saturated rings. The molecule has 0 bridgehead atoms. The molecular weight excluding hydrogens is 272 g/mol. The first-order valence-corrected chi connectivity index (χ1v) is 7.62. The molecule has 1 aromatic heterocycles. The van der Waals surface area contributed by atoms with Crippen LogP contribution in [0.2, 0.25) is 0 Å². The first kappa shape index (κ1) is 13.4. The van der Waals surface area contributed by atoms with E-state index in [1.54, 1.807) is 18.4 Å². The van der Waals surface area contributed by atoms with Crippen molar-refractivity contribution in [3.8, 4) is 11.5 Å². The number of fused-ring (bicyclic) bond motifs is 1. The molecule has 0 unspecified atom stereocenters. The van der Waals surface area contributed by atoms with Crippen LogP contribution in [0.1, 0.15) is 15.6 Å². The largest absolute Gasteiger partial charge is 0.497 e. The molecule has 0 radical (unpaired) electrons. The molecule has 4 nitrogen and oxygen atoms in total.